The molecule has 1 aliphatic heterocycles. The fourth-order valence-corrected chi connectivity index (χ4v) is 5.37. The highest BCUT2D eigenvalue weighted by molar-refractivity contribution is 6.30. The van der Waals surface area contributed by atoms with Gasteiger partial charge in [0.2, 0.25) is 0 Å². The minimum Gasteiger partial charge on any atom is -0.323 e. The lowest BCUT2D eigenvalue weighted by molar-refractivity contribution is 0.175. The molecule has 0 spiro atoms. The second-order valence-electron chi connectivity index (χ2n) is 9.72. The molecule has 176 valence electrons. The number of benzene rings is 3. The van der Waals surface area contributed by atoms with Gasteiger partial charge in [0, 0.05) is 29.6 Å². The van der Waals surface area contributed by atoms with Crippen molar-refractivity contribution in [2.24, 2.45) is 5.92 Å². The molecule has 5 heteroatoms. The van der Waals surface area contributed by atoms with E-state index in [9.17, 15) is 0 Å². The van der Waals surface area contributed by atoms with Gasteiger partial charge in [0.25, 0.3) is 0 Å². The van der Waals surface area contributed by atoms with Gasteiger partial charge in [0.15, 0.2) is 0 Å². The summed E-state index contributed by atoms with van der Waals surface area (Å²) in [6.07, 6.45) is 3.41. The van der Waals surface area contributed by atoms with E-state index in [1.165, 1.54) is 46.4 Å². The fraction of sp³-hybridized carbons (Fsp3) is 0.345. The van der Waals surface area contributed by atoms with Crippen LogP contribution in [0.1, 0.15) is 40.9 Å². The van der Waals surface area contributed by atoms with Crippen LogP contribution in [0.2, 0.25) is 10.0 Å². The Morgan fingerprint density at radius 2 is 1.56 bits per heavy atom. The molecule has 3 nitrogen and oxygen atoms in total. The third kappa shape index (κ3) is 5.33. The number of halogens is 2. The molecular formula is C29H31Cl2N3. The molecule has 0 amide bonds. The quantitative estimate of drug-likeness (QED) is 0.279. The van der Waals surface area contributed by atoms with Crippen molar-refractivity contribution < 1.29 is 0 Å². The molecule has 5 rings (SSSR count). The molecule has 0 unspecified atom stereocenters. The van der Waals surface area contributed by atoms with Gasteiger partial charge in [-0.2, -0.15) is 0 Å². The molecule has 1 aromatic heterocycles. The van der Waals surface area contributed by atoms with Crippen molar-refractivity contribution in [1.29, 1.82) is 0 Å². The van der Waals surface area contributed by atoms with Gasteiger partial charge in [0.05, 0.1) is 11.0 Å². The smallest absolute Gasteiger partial charge is 0.110 e. The molecule has 2 heterocycles. The van der Waals surface area contributed by atoms with Gasteiger partial charge in [-0.25, -0.2) is 4.98 Å². The van der Waals surface area contributed by atoms with E-state index in [0.29, 0.717) is 5.92 Å². The molecule has 1 fully saturated rings. The Morgan fingerprint density at radius 1 is 0.824 bits per heavy atom. The van der Waals surface area contributed by atoms with Crippen molar-refractivity contribution in [2.75, 3.05) is 13.1 Å². The van der Waals surface area contributed by atoms with Crippen molar-refractivity contribution in [1.82, 2.24) is 14.5 Å². The average molecular weight is 492 g/mol. The summed E-state index contributed by atoms with van der Waals surface area (Å²) < 4.78 is 2.42. The average Bonchev–Trinajstić information content (AvgIpc) is 3.12. The first kappa shape index (κ1) is 23.4. The zero-order valence-electron chi connectivity index (χ0n) is 19.9. The summed E-state index contributed by atoms with van der Waals surface area (Å²) in [7, 11) is 0. The van der Waals surface area contributed by atoms with Crippen LogP contribution in [0.4, 0.5) is 0 Å². The summed E-state index contributed by atoms with van der Waals surface area (Å²) in [5, 5.41) is 1.59. The Balaban J connectivity index is 1.33. The molecule has 1 aliphatic rings. The van der Waals surface area contributed by atoms with Gasteiger partial charge in [-0.3, -0.25) is 4.90 Å². The highest BCUT2D eigenvalue weighted by Gasteiger charge is 2.23. The van der Waals surface area contributed by atoms with E-state index in [1.807, 2.05) is 24.3 Å². The van der Waals surface area contributed by atoms with Gasteiger partial charge >= 0.3 is 0 Å². The van der Waals surface area contributed by atoms with Gasteiger partial charge in [-0.1, -0.05) is 47.5 Å². The Hall–Kier alpha value is -2.33. The molecule has 3 aromatic carbocycles. The van der Waals surface area contributed by atoms with Crippen molar-refractivity contribution in [3.8, 4) is 0 Å². The van der Waals surface area contributed by atoms with Crippen LogP contribution in [-0.2, 0) is 19.5 Å². The Labute approximate surface area is 212 Å². The lowest BCUT2D eigenvalue weighted by Crippen LogP contribution is -2.34. The second-order valence-corrected chi connectivity index (χ2v) is 10.6. The van der Waals surface area contributed by atoms with Crippen molar-refractivity contribution >= 4 is 34.2 Å². The van der Waals surface area contributed by atoms with E-state index in [0.717, 1.165) is 48.2 Å². The zero-order chi connectivity index (χ0) is 23.7. The van der Waals surface area contributed by atoms with E-state index in [2.05, 4.69) is 59.7 Å². The third-order valence-electron chi connectivity index (χ3n) is 7.17. The number of nitrogens with zero attached hydrogens (tertiary/aromatic N) is 3. The number of aryl methyl sites for hydroxylation is 2. The fourth-order valence-electron chi connectivity index (χ4n) is 5.03. The van der Waals surface area contributed by atoms with E-state index in [4.69, 9.17) is 28.2 Å². The monoisotopic (exact) mass is 491 g/mol. The predicted molar refractivity (Wildman–Crippen MR) is 143 cm³/mol. The Morgan fingerprint density at radius 3 is 2.29 bits per heavy atom. The van der Waals surface area contributed by atoms with Crippen molar-refractivity contribution in [2.45, 2.75) is 46.2 Å². The number of rotatable bonds is 6. The van der Waals surface area contributed by atoms with Crippen LogP contribution >= 0.6 is 23.2 Å². The van der Waals surface area contributed by atoms with E-state index in [1.54, 1.807) is 0 Å². The largest absolute Gasteiger partial charge is 0.323 e. The highest BCUT2D eigenvalue weighted by Crippen LogP contribution is 2.28. The first-order valence-corrected chi connectivity index (χ1v) is 12.9. The van der Waals surface area contributed by atoms with Crippen LogP contribution in [0.25, 0.3) is 11.0 Å². The summed E-state index contributed by atoms with van der Waals surface area (Å²) in [5.41, 5.74) is 7.48. The zero-order valence-corrected chi connectivity index (χ0v) is 21.4. The molecule has 0 saturated carbocycles. The molecule has 34 heavy (non-hydrogen) atoms. The molecule has 0 atom stereocenters. The minimum absolute atomic E-state index is 0.651. The normalized spacial score (nSPS) is 15.3. The summed E-state index contributed by atoms with van der Waals surface area (Å²) >= 11 is 12.3. The number of fused-ring (bicyclic) bond motifs is 1. The molecule has 0 N–H and O–H groups in total. The third-order valence-corrected chi connectivity index (χ3v) is 7.66. The number of hydrogen-bond donors (Lipinski definition) is 0. The van der Waals surface area contributed by atoms with Crippen molar-refractivity contribution in [3.05, 3.63) is 98.8 Å². The Kier molecular flexibility index (Phi) is 6.96. The number of piperidine rings is 1. The topological polar surface area (TPSA) is 21.1 Å². The number of likely N-dealkylation sites (tertiary alicyclic amines) is 1. The first-order valence-electron chi connectivity index (χ1n) is 12.1. The van der Waals surface area contributed by atoms with Crippen LogP contribution in [-0.4, -0.2) is 27.5 Å². The summed E-state index contributed by atoms with van der Waals surface area (Å²) in [4.78, 5) is 7.67. The molecule has 0 aliphatic carbocycles. The van der Waals surface area contributed by atoms with Crippen LogP contribution in [0.15, 0.2) is 60.7 Å². The maximum Gasteiger partial charge on any atom is 0.110 e. The number of imidazole rings is 1. The van der Waals surface area contributed by atoms with Crippen LogP contribution in [0.5, 0.6) is 0 Å². The molecular weight excluding hydrogens is 461 g/mol. The second kappa shape index (κ2) is 10.1. The predicted octanol–water partition coefficient (Wildman–Crippen LogP) is 7.46. The lowest BCUT2D eigenvalue weighted by atomic mass is 9.93. The lowest BCUT2D eigenvalue weighted by Gasteiger charge is -2.32. The maximum absolute atomic E-state index is 6.18. The van der Waals surface area contributed by atoms with Gasteiger partial charge in [-0.15, -0.1) is 0 Å². The van der Waals surface area contributed by atoms with E-state index in [-0.39, 0.29) is 0 Å². The molecule has 4 aromatic rings. The first-order chi connectivity index (χ1) is 16.4. The van der Waals surface area contributed by atoms with Gasteiger partial charge < -0.3 is 4.57 Å². The number of aromatic nitrogens is 2. The number of hydrogen-bond acceptors (Lipinski definition) is 2. The van der Waals surface area contributed by atoms with Gasteiger partial charge in [-0.05, 0) is 104 Å². The highest BCUT2D eigenvalue weighted by atomic mass is 35.5. The summed E-state index contributed by atoms with van der Waals surface area (Å²) in [5.74, 6) is 1.85. The standard InChI is InChI=1S/C29H31Cl2N3/c1-20-14-27-28(15-21(20)2)34(19-23-6-8-25(30)9-7-23)29(32-27)17-22-10-12-33(13-11-22)18-24-4-3-5-26(31)16-24/h3-9,14-16,22H,10-13,17-19H2,1-2H3. The molecule has 0 bridgehead atoms. The van der Waals surface area contributed by atoms with Gasteiger partial charge in [0.1, 0.15) is 5.82 Å². The SMILES string of the molecule is Cc1cc2nc(CC3CCN(Cc4cccc(Cl)c4)CC3)n(Cc3ccc(Cl)cc3)c2cc1C. The maximum atomic E-state index is 6.18. The molecule has 0 radical (unpaired) electrons. The van der Waals surface area contributed by atoms with E-state index < -0.39 is 0 Å². The van der Waals surface area contributed by atoms with Crippen LogP contribution < -0.4 is 0 Å². The summed E-state index contributed by atoms with van der Waals surface area (Å²) in [6, 6.07) is 20.9. The van der Waals surface area contributed by atoms with Crippen LogP contribution in [0.3, 0.4) is 0 Å². The Bertz CT molecular complexity index is 1280. The van der Waals surface area contributed by atoms with E-state index >= 15 is 0 Å². The molecule has 1 saturated heterocycles. The van der Waals surface area contributed by atoms with Crippen LogP contribution in [0, 0.1) is 19.8 Å². The summed E-state index contributed by atoms with van der Waals surface area (Å²) in [6.45, 7) is 8.38. The minimum atomic E-state index is 0.651. The van der Waals surface area contributed by atoms with Crippen molar-refractivity contribution in [3.63, 3.8) is 0 Å².